The van der Waals surface area contributed by atoms with Crippen LogP contribution in [0.1, 0.15) is 5.69 Å². The number of fused-ring (bicyclic) bond motifs is 1. The molecule has 3 heterocycles. The fraction of sp³-hybridized carbons (Fsp3) is 0. The van der Waals surface area contributed by atoms with Gasteiger partial charge in [0.2, 0.25) is 5.95 Å². The normalized spacial score (nSPS) is 10.4. The van der Waals surface area contributed by atoms with Crippen molar-refractivity contribution in [3.63, 3.8) is 0 Å². The summed E-state index contributed by atoms with van der Waals surface area (Å²) < 4.78 is 1.60. The Morgan fingerprint density at radius 3 is 2.94 bits per heavy atom. The van der Waals surface area contributed by atoms with Crippen LogP contribution in [0.4, 0.5) is 5.95 Å². The predicted octanol–water partition coefficient (Wildman–Crippen LogP) is 1.25. The SMILES string of the molecule is N#Cc1cn2c(N)ncc(-c3cccnc3)c2n1. The minimum absolute atomic E-state index is 0.298. The minimum atomic E-state index is 0.298. The van der Waals surface area contributed by atoms with Gasteiger partial charge in [-0.1, -0.05) is 6.07 Å². The lowest BCUT2D eigenvalue weighted by atomic mass is 10.1. The number of rotatable bonds is 1. The molecule has 0 aliphatic carbocycles. The summed E-state index contributed by atoms with van der Waals surface area (Å²) in [6.45, 7) is 0. The van der Waals surface area contributed by atoms with Crippen LogP contribution in [0.25, 0.3) is 16.8 Å². The van der Waals surface area contributed by atoms with E-state index >= 15 is 0 Å². The molecule has 0 amide bonds. The van der Waals surface area contributed by atoms with Crippen molar-refractivity contribution in [2.24, 2.45) is 0 Å². The summed E-state index contributed by atoms with van der Waals surface area (Å²) >= 11 is 0. The Morgan fingerprint density at radius 2 is 2.22 bits per heavy atom. The average Bonchev–Trinajstić information content (AvgIpc) is 2.85. The van der Waals surface area contributed by atoms with Crippen molar-refractivity contribution in [2.75, 3.05) is 5.73 Å². The third-order valence-corrected chi connectivity index (χ3v) is 2.61. The van der Waals surface area contributed by atoms with E-state index in [9.17, 15) is 0 Å². The summed E-state index contributed by atoms with van der Waals surface area (Å²) in [4.78, 5) is 12.4. The van der Waals surface area contributed by atoms with E-state index < -0.39 is 0 Å². The Hall–Kier alpha value is -2.94. The maximum atomic E-state index is 8.89. The van der Waals surface area contributed by atoms with Crippen molar-refractivity contribution in [1.29, 1.82) is 5.26 Å². The van der Waals surface area contributed by atoms with Crippen LogP contribution in [-0.2, 0) is 0 Å². The minimum Gasteiger partial charge on any atom is -0.369 e. The zero-order valence-corrected chi connectivity index (χ0v) is 9.28. The van der Waals surface area contributed by atoms with Gasteiger partial charge in [0.1, 0.15) is 6.07 Å². The fourth-order valence-corrected chi connectivity index (χ4v) is 1.78. The zero-order chi connectivity index (χ0) is 12.5. The number of aromatic nitrogens is 4. The van der Waals surface area contributed by atoms with Crippen molar-refractivity contribution in [3.8, 4) is 17.2 Å². The molecule has 3 aromatic rings. The summed E-state index contributed by atoms with van der Waals surface area (Å²) in [6, 6.07) is 5.72. The van der Waals surface area contributed by atoms with E-state index in [1.807, 2.05) is 18.2 Å². The molecule has 0 fully saturated rings. The highest BCUT2D eigenvalue weighted by Crippen LogP contribution is 2.23. The molecule has 86 valence electrons. The molecule has 0 aliphatic heterocycles. The van der Waals surface area contributed by atoms with E-state index in [1.54, 1.807) is 29.2 Å². The number of hydrogen-bond acceptors (Lipinski definition) is 5. The van der Waals surface area contributed by atoms with Crippen LogP contribution < -0.4 is 5.73 Å². The summed E-state index contributed by atoms with van der Waals surface area (Å²) in [6.07, 6.45) is 6.61. The number of nitrogens with zero attached hydrogens (tertiary/aromatic N) is 5. The Labute approximate surface area is 102 Å². The smallest absolute Gasteiger partial charge is 0.206 e. The molecule has 0 aliphatic rings. The molecular weight excluding hydrogens is 228 g/mol. The van der Waals surface area contributed by atoms with Gasteiger partial charge in [0.15, 0.2) is 11.3 Å². The van der Waals surface area contributed by atoms with Crippen LogP contribution >= 0.6 is 0 Å². The molecule has 3 aromatic heterocycles. The highest BCUT2D eigenvalue weighted by molar-refractivity contribution is 5.77. The standard InChI is InChI=1S/C12H8N6/c13-4-9-7-18-11(17-9)10(6-16-12(18)14)8-2-1-3-15-5-8/h1-3,5-7H,(H2,14,16). The molecular formula is C12H8N6. The maximum Gasteiger partial charge on any atom is 0.206 e. The van der Waals surface area contributed by atoms with Gasteiger partial charge in [-0.25, -0.2) is 9.97 Å². The summed E-state index contributed by atoms with van der Waals surface area (Å²) in [5, 5.41) is 8.89. The van der Waals surface area contributed by atoms with E-state index in [0.29, 0.717) is 17.3 Å². The Kier molecular flexibility index (Phi) is 2.17. The second-order valence-electron chi connectivity index (χ2n) is 3.70. The summed E-state index contributed by atoms with van der Waals surface area (Å²) in [5.41, 5.74) is 8.34. The van der Waals surface area contributed by atoms with Crippen molar-refractivity contribution in [3.05, 3.63) is 42.6 Å². The molecule has 0 radical (unpaired) electrons. The lowest BCUT2D eigenvalue weighted by Gasteiger charge is -2.04. The molecule has 6 heteroatoms. The quantitative estimate of drug-likeness (QED) is 0.686. The molecule has 0 saturated heterocycles. The van der Waals surface area contributed by atoms with E-state index in [1.165, 1.54) is 0 Å². The molecule has 6 nitrogen and oxygen atoms in total. The van der Waals surface area contributed by atoms with Crippen LogP contribution in [0.3, 0.4) is 0 Å². The van der Waals surface area contributed by atoms with E-state index in [0.717, 1.165) is 11.1 Å². The van der Waals surface area contributed by atoms with Crippen molar-refractivity contribution in [2.45, 2.75) is 0 Å². The predicted molar refractivity (Wildman–Crippen MR) is 65.3 cm³/mol. The lowest BCUT2D eigenvalue weighted by molar-refractivity contribution is 1.11. The topological polar surface area (TPSA) is 92.9 Å². The number of nitrogens with two attached hydrogens (primary N) is 1. The maximum absolute atomic E-state index is 8.89. The molecule has 0 aromatic carbocycles. The average molecular weight is 236 g/mol. The summed E-state index contributed by atoms with van der Waals surface area (Å²) in [5.74, 6) is 0.298. The van der Waals surface area contributed by atoms with Gasteiger partial charge in [0, 0.05) is 29.7 Å². The number of pyridine rings is 1. The fourth-order valence-electron chi connectivity index (χ4n) is 1.78. The molecule has 0 atom stereocenters. The van der Waals surface area contributed by atoms with Gasteiger partial charge < -0.3 is 5.73 Å². The molecule has 0 saturated carbocycles. The molecule has 0 unspecified atom stereocenters. The summed E-state index contributed by atoms with van der Waals surface area (Å²) in [7, 11) is 0. The van der Waals surface area contributed by atoms with Crippen molar-refractivity contribution in [1.82, 2.24) is 19.4 Å². The second-order valence-corrected chi connectivity index (χ2v) is 3.70. The number of imidazole rings is 1. The van der Waals surface area contributed by atoms with Crippen molar-refractivity contribution >= 4 is 11.6 Å². The van der Waals surface area contributed by atoms with Crippen LogP contribution in [-0.4, -0.2) is 19.4 Å². The first kappa shape index (κ1) is 10.2. The third-order valence-electron chi connectivity index (χ3n) is 2.61. The van der Waals surface area contributed by atoms with Crippen LogP contribution in [0.2, 0.25) is 0 Å². The van der Waals surface area contributed by atoms with Crippen molar-refractivity contribution < 1.29 is 0 Å². The number of nitriles is 1. The van der Waals surface area contributed by atoms with E-state index in [4.69, 9.17) is 11.0 Å². The van der Waals surface area contributed by atoms with Gasteiger partial charge in [-0.05, 0) is 6.07 Å². The number of nitrogen functional groups attached to an aromatic ring is 1. The first-order valence-corrected chi connectivity index (χ1v) is 5.23. The van der Waals surface area contributed by atoms with Gasteiger partial charge in [0.25, 0.3) is 0 Å². The molecule has 0 bridgehead atoms. The second kappa shape index (κ2) is 3.82. The first-order valence-electron chi connectivity index (χ1n) is 5.23. The van der Waals surface area contributed by atoms with Gasteiger partial charge in [-0.3, -0.25) is 9.38 Å². The molecule has 3 rings (SSSR count). The largest absolute Gasteiger partial charge is 0.369 e. The monoisotopic (exact) mass is 236 g/mol. The molecule has 2 N–H and O–H groups in total. The van der Waals surface area contributed by atoms with Crippen LogP contribution in [0.5, 0.6) is 0 Å². The Balaban J connectivity index is 2.35. The highest BCUT2D eigenvalue weighted by atomic mass is 15.1. The Morgan fingerprint density at radius 1 is 1.33 bits per heavy atom. The number of hydrogen-bond donors (Lipinski definition) is 1. The highest BCUT2D eigenvalue weighted by Gasteiger charge is 2.11. The van der Waals surface area contributed by atoms with Crippen LogP contribution in [0.15, 0.2) is 36.9 Å². The first-order chi connectivity index (χ1) is 8.79. The van der Waals surface area contributed by atoms with E-state index in [-0.39, 0.29) is 0 Å². The van der Waals surface area contributed by atoms with Gasteiger partial charge >= 0.3 is 0 Å². The van der Waals surface area contributed by atoms with Gasteiger partial charge in [-0.15, -0.1) is 0 Å². The lowest BCUT2D eigenvalue weighted by Crippen LogP contribution is -2.00. The van der Waals surface area contributed by atoms with Crippen LogP contribution in [0, 0.1) is 11.3 Å². The third kappa shape index (κ3) is 1.46. The van der Waals surface area contributed by atoms with Gasteiger partial charge in [0.05, 0.1) is 6.20 Å². The van der Waals surface area contributed by atoms with Gasteiger partial charge in [-0.2, -0.15) is 5.26 Å². The zero-order valence-electron chi connectivity index (χ0n) is 9.28. The van der Waals surface area contributed by atoms with E-state index in [2.05, 4.69) is 15.0 Å². The Bertz CT molecular complexity index is 753. The number of anilines is 1. The molecule has 0 spiro atoms. The molecule has 18 heavy (non-hydrogen) atoms.